The molecule has 0 fully saturated rings. The summed E-state index contributed by atoms with van der Waals surface area (Å²) in [5, 5.41) is 0. The van der Waals surface area contributed by atoms with E-state index in [-0.39, 0.29) is 31.1 Å². The van der Waals surface area contributed by atoms with Crippen LogP contribution in [0, 0.1) is 5.92 Å². The summed E-state index contributed by atoms with van der Waals surface area (Å²) in [6, 6.07) is 0. The largest absolute Gasteiger partial charge is 0.462 e. The summed E-state index contributed by atoms with van der Waals surface area (Å²) in [6.07, 6.45) is 28.3. The average molecular weight is 625 g/mol. The van der Waals surface area contributed by atoms with E-state index in [2.05, 4.69) is 27.7 Å². The maximum atomic E-state index is 12.5. The number of unbranched alkanes of at least 4 members (excludes halogenated alkanes) is 20. The fraction of sp³-hybridized carbons (Fsp3) is 0.921. The monoisotopic (exact) mass is 625 g/mol. The number of hydrogen-bond acceptors (Lipinski definition) is 6. The van der Waals surface area contributed by atoms with Crippen LogP contribution in [0.1, 0.15) is 201 Å². The van der Waals surface area contributed by atoms with Gasteiger partial charge in [-0.2, -0.15) is 0 Å². The van der Waals surface area contributed by atoms with Crippen molar-refractivity contribution in [1.29, 1.82) is 0 Å². The fourth-order valence-electron chi connectivity index (χ4n) is 5.39. The smallest absolute Gasteiger partial charge is 0.306 e. The van der Waals surface area contributed by atoms with Crippen molar-refractivity contribution in [2.45, 2.75) is 207 Å². The molecule has 0 amide bonds. The van der Waals surface area contributed by atoms with Gasteiger partial charge in [0.15, 0.2) is 6.10 Å². The molecule has 0 saturated heterocycles. The zero-order valence-corrected chi connectivity index (χ0v) is 29.6. The van der Waals surface area contributed by atoms with Crippen LogP contribution < -0.4 is 0 Å². The van der Waals surface area contributed by atoms with Gasteiger partial charge in [-0.25, -0.2) is 0 Å². The molecule has 0 bridgehead atoms. The highest BCUT2D eigenvalue weighted by Gasteiger charge is 2.19. The molecule has 0 aromatic rings. The summed E-state index contributed by atoms with van der Waals surface area (Å²) in [6.45, 7) is 8.83. The van der Waals surface area contributed by atoms with Gasteiger partial charge in [0.2, 0.25) is 0 Å². The molecule has 0 saturated carbocycles. The highest BCUT2D eigenvalue weighted by Crippen LogP contribution is 2.15. The number of hydrogen-bond donors (Lipinski definition) is 0. The second-order valence-corrected chi connectivity index (χ2v) is 13.3. The molecule has 0 unspecified atom stereocenters. The second kappa shape index (κ2) is 32.8. The first-order chi connectivity index (χ1) is 21.4. The lowest BCUT2D eigenvalue weighted by Gasteiger charge is -2.18. The maximum Gasteiger partial charge on any atom is 0.306 e. The standard InChI is InChI=1S/C38H72O6/c1-5-7-9-11-12-13-14-18-22-26-30-37(40)43-33-35(32-42-36(39)29-25-20-10-8-6-2)44-38(41)31-27-23-19-16-15-17-21-24-28-34(3)4/h34-35H,5-33H2,1-4H3/t35-/m0/s1. The molecule has 0 N–H and O–H groups in total. The summed E-state index contributed by atoms with van der Waals surface area (Å²) in [7, 11) is 0. The van der Waals surface area contributed by atoms with Gasteiger partial charge in [0, 0.05) is 19.3 Å². The van der Waals surface area contributed by atoms with E-state index in [1.807, 2.05) is 0 Å². The second-order valence-electron chi connectivity index (χ2n) is 13.3. The lowest BCUT2D eigenvalue weighted by molar-refractivity contribution is -0.167. The Balaban J connectivity index is 4.29. The summed E-state index contributed by atoms with van der Waals surface area (Å²) in [5.41, 5.74) is 0. The number of carbonyl (C=O) groups excluding carboxylic acids is 3. The molecule has 6 nitrogen and oxygen atoms in total. The van der Waals surface area contributed by atoms with Crippen LogP contribution in [-0.2, 0) is 28.6 Å². The Morgan fingerprint density at radius 1 is 0.432 bits per heavy atom. The zero-order valence-electron chi connectivity index (χ0n) is 29.6. The van der Waals surface area contributed by atoms with E-state index in [0.717, 1.165) is 70.1 Å². The Kier molecular flexibility index (Phi) is 31.6. The Labute approximate surface area is 272 Å². The summed E-state index contributed by atoms with van der Waals surface area (Å²) in [5.74, 6) is -0.0892. The number of carbonyl (C=O) groups is 3. The average Bonchev–Trinajstić information content (AvgIpc) is 3.00. The van der Waals surface area contributed by atoms with E-state index < -0.39 is 6.10 Å². The van der Waals surface area contributed by atoms with Crippen molar-refractivity contribution in [2.24, 2.45) is 5.92 Å². The van der Waals surface area contributed by atoms with Crippen LogP contribution in [0.5, 0.6) is 0 Å². The van der Waals surface area contributed by atoms with E-state index in [4.69, 9.17) is 14.2 Å². The molecule has 6 heteroatoms. The number of ether oxygens (including phenoxy) is 3. The molecule has 0 radical (unpaired) electrons. The molecule has 0 aliphatic heterocycles. The van der Waals surface area contributed by atoms with Gasteiger partial charge in [0.05, 0.1) is 0 Å². The Morgan fingerprint density at radius 2 is 0.750 bits per heavy atom. The van der Waals surface area contributed by atoms with Crippen molar-refractivity contribution in [2.75, 3.05) is 13.2 Å². The number of rotatable bonds is 33. The topological polar surface area (TPSA) is 78.9 Å². The minimum atomic E-state index is -0.756. The molecular formula is C38H72O6. The van der Waals surface area contributed by atoms with Gasteiger partial charge in [-0.3, -0.25) is 14.4 Å². The Bertz CT molecular complexity index is 662. The van der Waals surface area contributed by atoms with Crippen LogP contribution in [-0.4, -0.2) is 37.2 Å². The Morgan fingerprint density at radius 3 is 1.11 bits per heavy atom. The van der Waals surface area contributed by atoms with Crippen LogP contribution in [0.3, 0.4) is 0 Å². The van der Waals surface area contributed by atoms with Crippen LogP contribution >= 0.6 is 0 Å². The van der Waals surface area contributed by atoms with Crippen molar-refractivity contribution >= 4 is 17.9 Å². The highest BCUT2D eigenvalue weighted by molar-refractivity contribution is 5.71. The van der Waals surface area contributed by atoms with Crippen LogP contribution in [0.15, 0.2) is 0 Å². The predicted octanol–water partition coefficient (Wildman–Crippen LogP) is 11.2. The molecule has 0 aromatic heterocycles. The third-order valence-corrected chi connectivity index (χ3v) is 8.29. The molecule has 0 aliphatic rings. The van der Waals surface area contributed by atoms with Gasteiger partial charge in [0.1, 0.15) is 13.2 Å². The molecule has 0 aromatic carbocycles. The van der Waals surface area contributed by atoms with Gasteiger partial charge in [-0.1, -0.05) is 163 Å². The Hall–Kier alpha value is -1.59. The lowest BCUT2D eigenvalue weighted by Crippen LogP contribution is -2.30. The van der Waals surface area contributed by atoms with Crippen molar-refractivity contribution in [3.05, 3.63) is 0 Å². The SMILES string of the molecule is CCCCCCCCCCCCC(=O)OC[C@H](COC(=O)CCCCCCC)OC(=O)CCCCCCCCCCC(C)C. The van der Waals surface area contributed by atoms with Gasteiger partial charge < -0.3 is 14.2 Å². The first kappa shape index (κ1) is 42.4. The van der Waals surface area contributed by atoms with Crippen molar-refractivity contribution in [1.82, 2.24) is 0 Å². The minimum absolute atomic E-state index is 0.0665. The normalized spacial score (nSPS) is 11.9. The molecule has 0 heterocycles. The quantitative estimate of drug-likeness (QED) is 0.0410. The molecule has 0 rings (SSSR count). The summed E-state index contributed by atoms with van der Waals surface area (Å²) < 4.78 is 16.5. The third kappa shape index (κ3) is 31.8. The molecule has 0 spiro atoms. The van der Waals surface area contributed by atoms with E-state index >= 15 is 0 Å². The van der Waals surface area contributed by atoms with Crippen molar-refractivity contribution < 1.29 is 28.6 Å². The number of esters is 3. The van der Waals surface area contributed by atoms with Crippen LogP contribution in [0.2, 0.25) is 0 Å². The van der Waals surface area contributed by atoms with Crippen LogP contribution in [0.4, 0.5) is 0 Å². The van der Waals surface area contributed by atoms with Gasteiger partial charge >= 0.3 is 17.9 Å². The van der Waals surface area contributed by atoms with E-state index in [9.17, 15) is 14.4 Å². The lowest BCUT2D eigenvalue weighted by atomic mass is 10.0. The first-order valence-corrected chi connectivity index (χ1v) is 18.9. The van der Waals surface area contributed by atoms with Crippen molar-refractivity contribution in [3.8, 4) is 0 Å². The first-order valence-electron chi connectivity index (χ1n) is 18.9. The van der Waals surface area contributed by atoms with Gasteiger partial charge in [0.25, 0.3) is 0 Å². The van der Waals surface area contributed by atoms with Crippen molar-refractivity contribution in [3.63, 3.8) is 0 Å². The van der Waals surface area contributed by atoms with Gasteiger partial charge in [-0.15, -0.1) is 0 Å². The molecular weight excluding hydrogens is 552 g/mol. The minimum Gasteiger partial charge on any atom is -0.462 e. The molecule has 44 heavy (non-hydrogen) atoms. The summed E-state index contributed by atoms with van der Waals surface area (Å²) >= 11 is 0. The molecule has 260 valence electrons. The van der Waals surface area contributed by atoms with E-state index in [1.54, 1.807) is 0 Å². The van der Waals surface area contributed by atoms with E-state index in [0.29, 0.717) is 19.3 Å². The molecule has 0 aliphatic carbocycles. The fourth-order valence-corrected chi connectivity index (χ4v) is 5.39. The van der Waals surface area contributed by atoms with Gasteiger partial charge in [-0.05, 0) is 25.2 Å². The molecule has 1 atom stereocenters. The third-order valence-electron chi connectivity index (χ3n) is 8.29. The predicted molar refractivity (Wildman–Crippen MR) is 183 cm³/mol. The summed E-state index contributed by atoms with van der Waals surface area (Å²) in [4.78, 5) is 37.1. The highest BCUT2D eigenvalue weighted by atomic mass is 16.6. The zero-order chi connectivity index (χ0) is 32.5. The maximum absolute atomic E-state index is 12.5. The van der Waals surface area contributed by atoms with E-state index in [1.165, 1.54) is 89.9 Å². The van der Waals surface area contributed by atoms with Crippen LogP contribution in [0.25, 0.3) is 0 Å².